The SMILES string of the molecule is NN=C(N=NCc1ccccc1)c1ccc(Nc2nccc(-c3cccc(N4CCOCC4)c3)n2)cc1. The van der Waals surface area contributed by atoms with E-state index in [-0.39, 0.29) is 0 Å². The second-order valence-electron chi connectivity index (χ2n) is 8.46. The lowest BCUT2D eigenvalue weighted by atomic mass is 10.1. The number of benzene rings is 3. The molecule has 2 heterocycles. The normalized spacial score (nSPS) is 14.2. The molecule has 9 heteroatoms. The van der Waals surface area contributed by atoms with E-state index in [1.807, 2.05) is 60.7 Å². The Kier molecular flexibility index (Phi) is 7.73. The third kappa shape index (κ3) is 6.33. The molecule has 186 valence electrons. The van der Waals surface area contributed by atoms with E-state index in [9.17, 15) is 0 Å². The van der Waals surface area contributed by atoms with Crippen LogP contribution in [-0.4, -0.2) is 42.1 Å². The first kappa shape index (κ1) is 24.1. The summed E-state index contributed by atoms with van der Waals surface area (Å²) in [7, 11) is 0. The van der Waals surface area contributed by atoms with E-state index in [4.69, 9.17) is 15.6 Å². The minimum Gasteiger partial charge on any atom is -0.378 e. The van der Waals surface area contributed by atoms with Crippen molar-refractivity contribution in [2.45, 2.75) is 6.54 Å². The van der Waals surface area contributed by atoms with Crippen LogP contribution in [0.5, 0.6) is 0 Å². The van der Waals surface area contributed by atoms with Gasteiger partial charge in [-0.15, -0.1) is 5.11 Å². The van der Waals surface area contributed by atoms with Crippen LogP contribution in [0.15, 0.2) is 106 Å². The van der Waals surface area contributed by atoms with Gasteiger partial charge in [0.2, 0.25) is 5.95 Å². The Bertz CT molecular complexity index is 1370. The van der Waals surface area contributed by atoms with Crippen molar-refractivity contribution in [3.05, 3.63) is 102 Å². The molecule has 0 bridgehead atoms. The average Bonchev–Trinajstić information content (AvgIpc) is 2.97. The zero-order valence-electron chi connectivity index (χ0n) is 20.4. The molecule has 1 aliphatic heterocycles. The van der Waals surface area contributed by atoms with Crippen LogP contribution in [0.2, 0.25) is 0 Å². The van der Waals surface area contributed by atoms with Crippen LogP contribution in [0.3, 0.4) is 0 Å². The second-order valence-corrected chi connectivity index (χ2v) is 8.46. The number of anilines is 3. The van der Waals surface area contributed by atoms with E-state index in [0.717, 1.165) is 54.4 Å². The first-order chi connectivity index (χ1) is 18.3. The Balaban J connectivity index is 1.25. The summed E-state index contributed by atoms with van der Waals surface area (Å²) in [6, 6.07) is 27.8. The zero-order chi connectivity index (χ0) is 25.3. The minimum atomic E-state index is 0.362. The van der Waals surface area contributed by atoms with Gasteiger partial charge in [-0.05, 0) is 48.0 Å². The molecular weight excluding hydrogens is 464 g/mol. The molecule has 4 aromatic rings. The van der Waals surface area contributed by atoms with Crippen LogP contribution in [-0.2, 0) is 11.3 Å². The van der Waals surface area contributed by atoms with Crippen LogP contribution in [0.1, 0.15) is 11.1 Å². The highest BCUT2D eigenvalue weighted by molar-refractivity contribution is 5.99. The maximum atomic E-state index is 5.57. The number of nitrogens with two attached hydrogens (primary N) is 1. The summed E-state index contributed by atoms with van der Waals surface area (Å²) in [5, 5.41) is 15.5. The molecule has 0 aliphatic carbocycles. The van der Waals surface area contributed by atoms with Crippen molar-refractivity contribution in [3.63, 3.8) is 0 Å². The van der Waals surface area contributed by atoms with Crippen molar-refractivity contribution in [3.8, 4) is 11.3 Å². The Labute approximate surface area is 215 Å². The van der Waals surface area contributed by atoms with Gasteiger partial charge in [0.25, 0.3) is 0 Å². The highest BCUT2D eigenvalue weighted by Gasteiger charge is 2.12. The fourth-order valence-corrected chi connectivity index (χ4v) is 4.02. The number of hydrazone groups is 1. The van der Waals surface area contributed by atoms with Crippen LogP contribution < -0.4 is 16.1 Å². The molecule has 9 nitrogen and oxygen atoms in total. The van der Waals surface area contributed by atoms with Gasteiger partial charge in [-0.2, -0.15) is 10.2 Å². The fourth-order valence-electron chi connectivity index (χ4n) is 4.02. The number of aromatic nitrogens is 2. The summed E-state index contributed by atoms with van der Waals surface area (Å²) >= 11 is 0. The molecule has 1 aromatic heterocycles. The van der Waals surface area contributed by atoms with Gasteiger partial charge in [-0.3, -0.25) is 0 Å². The Hall–Kier alpha value is -4.63. The average molecular weight is 493 g/mol. The highest BCUT2D eigenvalue weighted by Crippen LogP contribution is 2.25. The molecule has 1 aliphatic rings. The Morgan fingerprint density at radius 1 is 0.946 bits per heavy atom. The minimum absolute atomic E-state index is 0.362. The van der Waals surface area contributed by atoms with Crippen LogP contribution in [0.25, 0.3) is 11.3 Å². The molecule has 0 atom stereocenters. The van der Waals surface area contributed by atoms with E-state index in [2.05, 4.69) is 54.8 Å². The lowest BCUT2D eigenvalue weighted by Crippen LogP contribution is -2.36. The molecular formula is C28H28N8O. The van der Waals surface area contributed by atoms with Crippen molar-refractivity contribution in [1.29, 1.82) is 0 Å². The molecule has 3 N–H and O–H groups in total. The van der Waals surface area contributed by atoms with Gasteiger partial charge >= 0.3 is 0 Å². The molecule has 0 amide bonds. The van der Waals surface area contributed by atoms with Crippen molar-refractivity contribution in [2.75, 3.05) is 36.5 Å². The molecule has 0 spiro atoms. The third-order valence-electron chi connectivity index (χ3n) is 5.96. The molecule has 0 unspecified atom stereocenters. The van der Waals surface area contributed by atoms with Crippen LogP contribution >= 0.6 is 0 Å². The number of ether oxygens (including phenoxy) is 1. The number of amidine groups is 1. The summed E-state index contributed by atoms with van der Waals surface area (Å²) < 4.78 is 5.48. The zero-order valence-corrected chi connectivity index (χ0v) is 20.4. The van der Waals surface area contributed by atoms with Gasteiger partial charge in [-0.1, -0.05) is 42.5 Å². The lowest BCUT2D eigenvalue weighted by Gasteiger charge is -2.29. The standard InChI is InChI=1S/C28H28N8O/c29-34-27(35-31-20-21-5-2-1-3-6-21)22-9-11-24(12-10-22)32-28-30-14-13-26(33-28)23-7-4-8-25(19-23)36-15-17-37-18-16-36/h1-14,19H,15-18,20,29H2,(H,30,32,33). The van der Waals surface area contributed by atoms with E-state index in [0.29, 0.717) is 18.3 Å². The van der Waals surface area contributed by atoms with Crippen molar-refractivity contribution in [1.82, 2.24) is 9.97 Å². The molecule has 0 radical (unpaired) electrons. The van der Waals surface area contributed by atoms with Gasteiger partial charge in [0, 0.05) is 41.8 Å². The largest absolute Gasteiger partial charge is 0.378 e. The molecule has 3 aromatic carbocycles. The summed E-state index contributed by atoms with van der Waals surface area (Å²) in [5.41, 5.74) is 5.72. The van der Waals surface area contributed by atoms with Gasteiger partial charge in [0.1, 0.15) is 0 Å². The molecule has 0 saturated carbocycles. The summed E-state index contributed by atoms with van der Waals surface area (Å²) in [5.74, 6) is 6.44. The monoisotopic (exact) mass is 492 g/mol. The number of rotatable bonds is 7. The predicted molar refractivity (Wildman–Crippen MR) is 146 cm³/mol. The summed E-state index contributed by atoms with van der Waals surface area (Å²) in [4.78, 5) is 11.4. The van der Waals surface area contributed by atoms with Crippen LogP contribution in [0.4, 0.5) is 17.3 Å². The first-order valence-electron chi connectivity index (χ1n) is 12.1. The maximum Gasteiger partial charge on any atom is 0.227 e. The Morgan fingerprint density at radius 3 is 2.54 bits per heavy atom. The van der Waals surface area contributed by atoms with E-state index in [1.165, 1.54) is 5.69 Å². The number of nitrogens with zero attached hydrogens (tertiary/aromatic N) is 6. The van der Waals surface area contributed by atoms with E-state index >= 15 is 0 Å². The smallest absolute Gasteiger partial charge is 0.227 e. The van der Waals surface area contributed by atoms with Gasteiger partial charge in [0.05, 0.1) is 25.5 Å². The van der Waals surface area contributed by atoms with Gasteiger partial charge in [-0.25, -0.2) is 9.97 Å². The van der Waals surface area contributed by atoms with Crippen LogP contribution in [0, 0.1) is 0 Å². The first-order valence-corrected chi connectivity index (χ1v) is 12.1. The maximum absolute atomic E-state index is 5.57. The predicted octanol–water partition coefficient (Wildman–Crippen LogP) is 5.00. The quantitative estimate of drug-likeness (QED) is 0.123. The van der Waals surface area contributed by atoms with Crippen molar-refractivity contribution >= 4 is 23.2 Å². The summed E-state index contributed by atoms with van der Waals surface area (Å²) in [6.45, 7) is 3.74. The second kappa shape index (κ2) is 11.9. The topological polar surface area (TPSA) is 113 Å². The number of nitrogens with one attached hydrogen (secondary N) is 1. The lowest BCUT2D eigenvalue weighted by molar-refractivity contribution is 0.122. The van der Waals surface area contributed by atoms with Gasteiger partial charge < -0.3 is 20.8 Å². The number of azo groups is 1. The fraction of sp³-hybridized carbons (Fsp3) is 0.179. The molecule has 5 rings (SSSR count). The van der Waals surface area contributed by atoms with E-state index in [1.54, 1.807) is 6.20 Å². The third-order valence-corrected chi connectivity index (χ3v) is 5.96. The molecule has 1 fully saturated rings. The van der Waals surface area contributed by atoms with Crippen molar-refractivity contribution < 1.29 is 4.74 Å². The molecule has 1 saturated heterocycles. The highest BCUT2D eigenvalue weighted by atomic mass is 16.5. The Morgan fingerprint density at radius 2 is 1.76 bits per heavy atom. The number of hydrogen-bond acceptors (Lipinski definition) is 8. The number of hydrogen-bond donors (Lipinski definition) is 2. The number of morpholine rings is 1. The van der Waals surface area contributed by atoms with Gasteiger partial charge in [0.15, 0.2) is 5.84 Å². The van der Waals surface area contributed by atoms with Crippen molar-refractivity contribution in [2.24, 2.45) is 21.2 Å². The summed E-state index contributed by atoms with van der Waals surface area (Å²) in [6.07, 6.45) is 1.76. The molecule has 37 heavy (non-hydrogen) atoms. The van der Waals surface area contributed by atoms with E-state index < -0.39 is 0 Å².